The summed E-state index contributed by atoms with van der Waals surface area (Å²) in [6, 6.07) is 4.86. The summed E-state index contributed by atoms with van der Waals surface area (Å²) in [6.07, 6.45) is 0.243. The molecular weight excluding hydrogens is 192 g/mol. The van der Waals surface area contributed by atoms with Gasteiger partial charge in [0.2, 0.25) is 5.91 Å². The molecule has 0 aliphatic heterocycles. The second-order valence-corrected chi connectivity index (χ2v) is 3.75. The third kappa shape index (κ3) is 3.59. The molecule has 1 atom stereocenters. The number of aromatic hydroxyl groups is 1. The van der Waals surface area contributed by atoms with Crippen molar-refractivity contribution in [2.75, 3.05) is 5.32 Å². The summed E-state index contributed by atoms with van der Waals surface area (Å²) in [6.45, 7) is 3.65. The Morgan fingerprint density at radius 3 is 2.87 bits per heavy atom. The number of nitrogens with two attached hydrogens (primary N) is 1. The quantitative estimate of drug-likeness (QED) is 0.657. The minimum absolute atomic E-state index is 0.0682. The molecule has 0 saturated heterocycles. The molecule has 4 nitrogen and oxygen atoms in total. The number of carbonyl (C=O) groups excluding carboxylic acids is 1. The molecule has 0 spiro atoms. The number of phenolic OH excluding ortho intramolecular Hbond substituents is 1. The Hall–Kier alpha value is -1.55. The van der Waals surface area contributed by atoms with Crippen molar-refractivity contribution in [3.05, 3.63) is 23.8 Å². The Balaban J connectivity index is 2.71. The van der Waals surface area contributed by atoms with Crippen LogP contribution in [0.15, 0.2) is 18.2 Å². The summed E-state index contributed by atoms with van der Waals surface area (Å²) in [7, 11) is 0. The molecule has 0 aromatic heterocycles. The third-order valence-electron chi connectivity index (χ3n) is 1.93. The number of hydrogen-bond donors (Lipinski definition) is 3. The van der Waals surface area contributed by atoms with E-state index in [0.717, 1.165) is 5.56 Å². The SMILES string of the molecule is Cc1ccc(O)c(NC(=O)CC(C)N)c1. The van der Waals surface area contributed by atoms with Crippen LogP contribution in [0, 0.1) is 6.92 Å². The van der Waals surface area contributed by atoms with Crippen LogP contribution in [0.4, 0.5) is 5.69 Å². The standard InChI is InChI=1S/C11H16N2O2/c1-7-3-4-10(14)9(5-7)13-11(15)6-8(2)12/h3-5,8,14H,6,12H2,1-2H3,(H,13,15). The number of benzene rings is 1. The van der Waals surface area contributed by atoms with Crippen molar-refractivity contribution in [3.63, 3.8) is 0 Å². The lowest BCUT2D eigenvalue weighted by Crippen LogP contribution is -2.24. The fourth-order valence-electron chi connectivity index (χ4n) is 1.24. The van der Waals surface area contributed by atoms with E-state index in [0.29, 0.717) is 5.69 Å². The highest BCUT2D eigenvalue weighted by atomic mass is 16.3. The zero-order valence-electron chi connectivity index (χ0n) is 8.95. The van der Waals surface area contributed by atoms with Crippen molar-refractivity contribution < 1.29 is 9.90 Å². The highest BCUT2D eigenvalue weighted by molar-refractivity contribution is 5.92. The van der Waals surface area contributed by atoms with Crippen molar-refractivity contribution in [1.29, 1.82) is 0 Å². The molecule has 1 aromatic carbocycles. The Labute approximate surface area is 89.1 Å². The van der Waals surface area contributed by atoms with Gasteiger partial charge in [0.05, 0.1) is 5.69 Å². The van der Waals surface area contributed by atoms with Crippen molar-refractivity contribution >= 4 is 11.6 Å². The van der Waals surface area contributed by atoms with Crippen molar-refractivity contribution in [3.8, 4) is 5.75 Å². The van der Waals surface area contributed by atoms with Gasteiger partial charge in [-0.3, -0.25) is 4.79 Å². The molecule has 0 saturated carbocycles. The second-order valence-electron chi connectivity index (χ2n) is 3.75. The molecule has 0 aliphatic rings. The van der Waals surface area contributed by atoms with Gasteiger partial charge in [0.15, 0.2) is 0 Å². The predicted octanol–water partition coefficient (Wildman–Crippen LogP) is 1.38. The van der Waals surface area contributed by atoms with E-state index in [1.54, 1.807) is 25.1 Å². The molecule has 0 bridgehead atoms. The molecule has 0 radical (unpaired) electrons. The van der Waals surface area contributed by atoms with Crippen LogP contribution in [-0.4, -0.2) is 17.1 Å². The highest BCUT2D eigenvalue weighted by Crippen LogP contribution is 2.23. The molecule has 82 valence electrons. The van der Waals surface area contributed by atoms with Gasteiger partial charge in [0, 0.05) is 12.5 Å². The first-order valence-corrected chi connectivity index (χ1v) is 4.84. The summed E-state index contributed by atoms with van der Waals surface area (Å²) >= 11 is 0. The van der Waals surface area contributed by atoms with E-state index < -0.39 is 0 Å². The number of carbonyl (C=O) groups is 1. The van der Waals surface area contributed by atoms with E-state index in [4.69, 9.17) is 5.73 Å². The number of phenols is 1. The Kier molecular flexibility index (Phi) is 3.68. The molecule has 0 heterocycles. The maximum Gasteiger partial charge on any atom is 0.226 e. The summed E-state index contributed by atoms with van der Waals surface area (Å²) in [5, 5.41) is 12.1. The molecule has 0 fully saturated rings. The summed E-state index contributed by atoms with van der Waals surface area (Å²) in [5.41, 5.74) is 6.90. The lowest BCUT2D eigenvalue weighted by atomic mass is 10.2. The van der Waals surface area contributed by atoms with Gasteiger partial charge < -0.3 is 16.2 Å². The topological polar surface area (TPSA) is 75.3 Å². The minimum atomic E-state index is -0.189. The summed E-state index contributed by atoms with van der Waals surface area (Å²) in [5.74, 6) is -0.121. The van der Waals surface area contributed by atoms with Crippen LogP contribution in [-0.2, 0) is 4.79 Å². The number of rotatable bonds is 3. The van der Waals surface area contributed by atoms with Gasteiger partial charge in [-0.2, -0.15) is 0 Å². The number of nitrogens with one attached hydrogen (secondary N) is 1. The normalized spacial score (nSPS) is 12.2. The van der Waals surface area contributed by atoms with Crippen LogP contribution in [0.25, 0.3) is 0 Å². The average Bonchev–Trinajstić information content (AvgIpc) is 2.10. The highest BCUT2D eigenvalue weighted by Gasteiger charge is 2.08. The fourth-order valence-corrected chi connectivity index (χ4v) is 1.24. The van der Waals surface area contributed by atoms with E-state index in [-0.39, 0.29) is 24.1 Å². The van der Waals surface area contributed by atoms with Gasteiger partial charge >= 0.3 is 0 Å². The lowest BCUT2D eigenvalue weighted by Gasteiger charge is -2.09. The van der Waals surface area contributed by atoms with Crippen LogP contribution < -0.4 is 11.1 Å². The van der Waals surface area contributed by atoms with Gasteiger partial charge in [-0.1, -0.05) is 6.07 Å². The average molecular weight is 208 g/mol. The minimum Gasteiger partial charge on any atom is -0.506 e. The van der Waals surface area contributed by atoms with Crippen LogP contribution in [0.3, 0.4) is 0 Å². The maximum absolute atomic E-state index is 11.4. The monoisotopic (exact) mass is 208 g/mol. The van der Waals surface area contributed by atoms with E-state index in [2.05, 4.69) is 5.32 Å². The predicted molar refractivity (Wildman–Crippen MR) is 59.7 cm³/mol. The van der Waals surface area contributed by atoms with Crippen LogP contribution in [0.1, 0.15) is 18.9 Å². The zero-order chi connectivity index (χ0) is 11.4. The van der Waals surface area contributed by atoms with Gasteiger partial charge in [-0.25, -0.2) is 0 Å². The Bertz CT molecular complexity index is 362. The fraction of sp³-hybridized carbons (Fsp3) is 0.364. The second kappa shape index (κ2) is 4.79. The maximum atomic E-state index is 11.4. The zero-order valence-corrected chi connectivity index (χ0v) is 8.95. The molecule has 1 amide bonds. The Morgan fingerprint density at radius 1 is 1.60 bits per heavy atom. The number of hydrogen-bond acceptors (Lipinski definition) is 3. The molecule has 1 aromatic rings. The van der Waals surface area contributed by atoms with Crippen molar-refractivity contribution in [2.45, 2.75) is 26.3 Å². The smallest absolute Gasteiger partial charge is 0.226 e. The van der Waals surface area contributed by atoms with E-state index >= 15 is 0 Å². The van der Waals surface area contributed by atoms with Crippen LogP contribution >= 0.6 is 0 Å². The van der Waals surface area contributed by atoms with Gasteiger partial charge in [0.1, 0.15) is 5.75 Å². The van der Waals surface area contributed by atoms with Crippen LogP contribution in [0.2, 0.25) is 0 Å². The third-order valence-corrected chi connectivity index (χ3v) is 1.93. The van der Waals surface area contributed by atoms with E-state index in [1.807, 2.05) is 6.92 Å². The molecular formula is C11H16N2O2. The van der Waals surface area contributed by atoms with Crippen molar-refractivity contribution in [2.24, 2.45) is 5.73 Å². The van der Waals surface area contributed by atoms with Gasteiger partial charge in [-0.05, 0) is 31.5 Å². The lowest BCUT2D eigenvalue weighted by molar-refractivity contribution is -0.116. The molecule has 1 rings (SSSR count). The summed E-state index contributed by atoms with van der Waals surface area (Å²) < 4.78 is 0. The number of amides is 1. The van der Waals surface area contributed by atoms with Gasteiger partial charge in [-0.15, -0.1) is 0 Å². The molecule has 1 unspecified atom stereocenters. The van der Waals surface area contributed by atoms with Crippen LogP contribution in [0.5, 0.6) is 5.75 Å². The van der Waals surface area contributed by atoms with Crippen molar-refractivity contribution in [1.82, 2.24) is 0 Å². The molecule has 15 heavy (non-hydrogen) atoms. The largest absolute Gasteiger partial charge is 0.506 e. The number of aryl methyl sites for hydroxylation is 1. The van der Waals surface area contributed by atoms with E-state index in [1.165, 1.54) is 0 Å². The first-order chi connectivity index (χ1) is 6.99. The first-order valence-electron chi connectivity index (χ1n) is 4.84. The Morgan fingerprint density at radius 2 is 2.27 bits per heavy atom. The molecule has 4 heteroatoms. The van der Waals surface area contributed by atoms with E-state index in [9.17, 15) is 9.90 Å². The first kappa shape index (κ1) is 11.5. The molecule has 4 N–H and O–H groups in total. The van der Waals surface area contributed by atoms with Gasteiger partial charge in [0.25, 0.3) is 0 Å². The molecule has 0 aliphatic carbocycles. The number of anilines is 1. The summed E-state index contributed by atoms with van der Waals surface area (Å²) in [4.78, 5) is 11.4.